The number of nitrogens with one attached hydrogen (secondary N) is 1. The summed E-state index contributed by atoms with van der Waals surface area (Å²) < 4.78 is 40.7. The number of pyridine rings is 2. The Bertz CT molecular complexity index is 3740. The Labute approximate surface area is 482 Å². The van der Waals surface area contributed by atoms with Gasteiger partial charge in [-0.25, -0.2) is 19.9 Å². The number of anilines is 2. The van der Waals surface area contributed by atoms with Crippen LogP contribution in [-0.4, -0.2) is 87.7 Å². The number of halogens is 4. The second kappa shape index (κ2) is 19.5. The third-order valence-electron chi connectivity index (χ3n) is 17.1. The molecule has 4 aliphatic rings. The molecule has 1 N–H and O–H groups in total. The Hall–Kier alpha value is -3.62. The fourth-order valence-electron chi connectivity index (χ4n) is 12.5. The first-order valence-electron chi connectivity index (χ1n) is 26.0. The van der Waals surface area contributed by atoms with Crippen molar-refractivity contribution in [3.8, 4) is 0 Å². The molecule has 6 aromatic heterocycles. The van der Waals surface area contributed by atoms with Crippen molar-refractivity contribution < 1.29 is 13.8 Å². The van der Waals surface area contributed by atoms with Crippen molar-refractivity contribution >= 4 is 138 Å². The third kappa shape index (κ3) is 8.84. The van der Waals surface area contributed by atoms with Gasteiger partial charge < -0.3 is 23.6 Å². The zero-order valence-corrected chi connectivity index (χ0v) is 49.8. The summed E-state index contributed by atoms with van der Waals surface area (Å²) in [7, 11) is 0. The van der Waals surface area contributed by atoms with E-state index in [4.69, 9.17) is 71.1 Å². The lowest BCUT2D eigenvalue weighted by molar-refractivity contribution is 0.0877. The number of ether oxygens (including phenoxy) is 1. The fraction of sp³-hybridized carbons (Fsp3) is 0.404. The lowest BCUT2D eigenvalue weighted by atomic mass is 9.72. The standard InChI is InChI=1S/C57H57Cl4N9O3S4/c1-54(2,3)77(72)66-49-48(73-31-57(49)21-25-68(26-22-57)51-38-30-62-52-41(15-17-44(65-51)70(38)52)74-39-12-8-11-36(58)46(39)60)33-13-14-40(47(61)45(33)59)75-42-16-18-43-64-50(37-29-63-53(42)69(37)43)67-23-19-56(20-24-67)27-32-9-7-10-35(34(32)28-56)55(4,5)76(6)71/h7-18,29-30,48-49,66H,19-28,31H2,1-6H3/t48-,49+,76?,77+/m0/s1. The Kier molecular flexibility index (Phi) is 13.4. The molecule has 0 bridgehead atoms. The SMILES string of the molecule is C[S+]([O-])C(C)(C)c1cccc2c1CC1(CCN(c3nc4ccc(Sc5ccc([C@@H]6OCC7(CCN(c8nc9ccc(Sc%10cccc(Cl)c%10Cl)c%10ncc8n9%10)CC7)[C@@H]6N[S@+]([O-])C(C)(C)C)c(Cl)c5Cl)c5ncc3n45)CC1)C2. The molecule has 1 aliphatic carbocycles. The van der Waals surface area contributed by atoms with Crippen LogP contribution in [0.1, 0.15) is 88.7 Å². The van der Waals surface area contributed by atoms with Crippen LogP contribution in [0, 0.1) is 10.8 Å². The van der Waals surface area contributed by atoms with Crippen molar-refractivity contribution in [2.24, 2.45) is 10.8 Å². The monoisotopic (exact) mass is 1180 g/mol. The van der Waals surface area contributed by atoms with E-state index in [2.05, 4.69) is 67.5 Å². The van der Waals surface area contributed by atoms with E-state index < -0.39 is 33.4 Å². The Morgan fingerprint density at radius 2 is 1.25 bits per heavy atom. The maximum atomic E-state index is 14.1. The highest BCUT2D eigenvalue weighted by Crippen LogP contribution is 2.53. The lowest BCUT2D eigenvalue weighted by Crippen LogP contribution is -2.55. The minimum Gasteiger partial charge on any atom is -0.616 e. The number of rotatable bonds is 11. The van der Waals surface area contributed by atoms with Crippen LogP contribution in [0.25, 0.3) is 33.6 Å². The van der Waals surface area contributed by atoms with E-state index in [0.717, 1.165) is 122 Å². The molecule has 1 unspecified atom stereocenters. The number of hydrogen-bond acceptors (Lipinski definition) is 12. The molecule has 2 spiro atoms. The van der Waals surface area contributed by atoms with Gasteiger partial charge in [0.15, 0.2) is 22.9 Å². The van der Waals surface area contributed by atoms with Crippen LogP contribution in [-0.2, 0) is 44.9 Å². The molecule has 13 rings (SSSR count). The summed E-state index contributed by atoms with van der Waals surface area (Å²) in [5.74, 6) is 1.85. The van der Waals surface area contributed by atoms with Crippen LogP contribution in [0.5, 0.6) is 0 Å². The number of benzene rings is 3. The molecule has 3 fully saturated rings. The van der Waals surface area contributed by atoms with Gasteiger partial charge in [-0.2, -0.15) is 0 Å². The molecule has 3 saturated heterocycles. The number of imidazole rings is 4. The summed E-state index contributed by atoms with van der Waals surface area (Å²) in [5, 5.41) is 1.88. The molecule has 9 aromatic rings. The van der Waals surface area contributed by atoms with E-state index in [1.54, 1.807) is 6.07 Å². The highest BCUT2D eigenvalue weighted by molar-refractivity contribution is 8.00. The van der Waals surface area contributed by atoms with Gasteiger partial charge >= 0.3 is 0 Å². The highest BCUT2D eigenvalue weighted by atomic mass is 35.5. The van der Waals surface area contributed by atoms with Crippen molar-refractivity contribution in [2.45, 2.75) is 114 Å². The zero-order valence-electron chi connectivity index (χ0n) is 43.5. The average Bonchev–Trinajstić information content (AvgIpc) is 4.49. The van der Waals surface area contributed by atoms with Gasteiger partial charge in [-0.15, -0.1) is 4.72 Å². The summed E-state index contributed by atoms with van der Waals surface area (Å²) >= 11 is 28.3. The van der Waals surface area contributed by atoms with E-state index in [1.165, 1.54) is 40.2 Å². The molecule has 20 heteroatoms. The summed E-state index contributed by atoms with van der Waals surface area (Å²) in [6.45, 7) is 13.9. The molecule has 3 aliphatic heterocycles. The second-order valence-corrected chi connectivity index (χ2v) is 30.6. The zero-order chi connectivity index (χ0) is 53.5. The molecule has 77 heavy (non-hydrogen) atoms. The van der Waals surface area contributed by atoms with Gasteiger partial charge in [-0.1, -0.05) is 100 Å². The summed E-state index contributed by atoms with van der Waals surface area (Å²) in [5.41, 5.74) is 9.91. The normalized spacial score (nSPS) is 20.6. The minimum absolute atomic E-state index is 0.196. The largest absolute Gasteiger partial charge is 0.616 e. The van der Waals surface area contributed by atoms with Gasteiger partial charge in [0.2, 0.25) is 0 Å². The maximum Gasteiger partial charge on any atom is 0.157 e. The summed E-state index contributed by atoms with van der Waals surface area (Å²) in [6.07, 6.45) is 10.9. The van der Waals surface area contributed by atoms with E-state index in [-0.39, 0.29) is 21.6 Å². The summed E-state index contributed by atoms with van der Waals surface area (Å²) in [6, 6.07) is 24.2. The lowest BCUT2D eigenvalue weighted by Gasteiger charge is -2.43. The van der Waals surface area contributed by atoms with Crippen molar-refractivity contribution in [2.75, 3.05) is 48.8 Å². The number of nitrogens with zero attached hydrogens (tertiary/aromatic N) is 8. The van der Waals surface area contributed by atoms with Crippen LogP contribution < -0.4 is 14.5 Å². The molecular formula is C57H57Cl4N9O3S4. The second-order valence-electron chi connectivity index (χ2n) is 22.9. The number of piperidine rings is 2. The summed E-state index contributed by atoms with van der Waals surface area (Å²) in [4.78, 5) is 28.5. The quantitative estimate of drug-likeness (QED) is 0.124. The maximum absolute atomic E-state index is 14.1. The fourth-order valence-corrected chi connectivity index (χ4v) is 16.9. The molecular weight excluding hydrogens is 1130 g/mol. The van der Waals surface area contributed by atoms with Gasteiger partial charge in [0.05, 0.1) is 61.2 Å². The third-order valence-corrected chi connectivity index (χ3v) is 24.4. The van der Waals surface area contributed by atoms with Crippen LogP contribution in [0.15, 0.2) is 105 Å². The van der Waals surface area contributed by atoms with Gasteiger partial charge in [0.1, 0.15) is 37.9 Å². The predicted molar refractivity (Wildman–Crippen MR) is 317 cm³/mol. The first-order chi connectivity index (χ1) is 36.8. The molecule has 9 heterocycles. The number of fused-ring (bicyclic) bond motifs is 1. The van der Waals surface area contributed by atoms with Crippen LogP contribution >= 0.6 is 69.9 Å². The van der Waals surface area contributed by atoms with Gasteiger partial charge in [0.25, 0.3) is 0 Å². The average molecular weight is 1190 g/mol. The van der Waals surface area contributed by atoms with E-state index in [9.17, 15) is 9.11 Å². The minimum atomic E-state index is -1.40. The van der Waals surface area contributed by atoms with Crippen molar-refractivity contribution in [1.82, 2.24) is 33.5 Å². The first-order valence-corrected chi connectivity index (χ1v) is 31.9. The number of aromatic nitrogens is 6. The molecule has 4 atom stereocenters. The Balaban J connectivity index is 0.719. The molecule has 400 valence electrons. The molecule has 0 saturated carbocycles. The first kappa shape index (κ1) is 52.7. The van der Waals surface area contributed by atoms with Crippen molar-refractivity contribution in [1.29, 1.82) is 0 Å². The molecule has 3 aromatic carbocycles. The molecule has 0 radical (unpaired) electrons. The topological polar surface area (TPSA) is 134 Å². The molecule has 12 nitrogen and oxygen atoms in total. The number of hydrogen-bond donors (Lipinski definition) is 1. The van der Waals surface area contributed by atoms with Crippen LogP contribution in [0.2, 0.25) is 20.1 Å². The predicted octanol–water partition coefficient (Wildman–Crippen LogP) is 13.6. The van der Waals surface area contributed by atoms with E-state index in [0.29, 0.717) is 39.8 Å². The van der Waals surface area contributed by atoms with Crippen molar-refractivity contribution in [3.63, 3.8) is 0 Å². The van der Waals surface area contributed by atoms with Gasteiger partial charge in [-0.3, -0.25) is 8.80 Å². The van der Waals surface area contributed by atoms with E-state index >= 15 is 0 Å². The Morgan fingerprint density at radius 3 is 1.84 bits per heavy atom. The van der Waals surface area contributed by atoms with Gasteiger partial charge in [0, 0.05) is 63.9 Å². The van der Waals surface area contributed by atoms with E-state index in [1.807, 2.05) is 75.8 Å². The van der Waals surface area contributed by atoms with Gasteiger partial charge in [-0.05, 0) is 143 Å². The van der Waals surface area contributed by atoms with Crippen LogP contribution in [0.4, 0.5) is 11.6 Å². The molecule has 0 amide bonds. The van der Waals surface area contributed by atoms with Crippen LogP contribution in [0.3, 0.4) is 0 Å². The highest BCUT2D eigenvalue weighted by Gasteiger charge is 2.55. The Morgan fingerprint density at radius 1 is 0.675 bits per heavy atom. The van der Waals surface area contributed by atoms with Crippen molar-refractivity contribution in [3.05, 3.63) is 128 Å². The smallest absolute Gasteiger partial charge is 0.157 e.